The van der Waals surface area contributed by atoms with E-state index in [9.17, 15) is 9.59 Å². The molecule has 3 aromatic rings. The van der Waals surface area contributed by atoms with E-state index in [1.807, 2.05) is 84.6 Å². The lowest BCUT2D eigenvalue weighted by molar-refractivity contribution is -0.126. The second-order valence-electron chi connectivity index (χ2n) is 8.40. The van der Waals surface area contributed by atoms with Crippen LogP contribution in [0.1, 0.15) is 40.0 Å². The maximum absolute atomic E-state index is 12.6. The van der Waals surface area contributed by atoms with Gasteiger partial charge in [0.25, 0.3) is 5.91 Å². The number of hydrogen-bond acceptors (Lipinski definition) is 4. The molecule has 1 N–H and O–H groups in total. The van der Waals surface area contributed by atoms with Gasteiger partial charge in [0.05, 0.1) is 5.69 Å². The zero-order valence-corrected chi connectivity index (χ0v) is 19.3. The summed E-state index contributed by atoms with van der Waals surface area (Å²) in [5.41, 5.74) is 3.47. The van der Waals surface area contributed by atoms with E-state index in [1.165, 1.54) is 0 Å². The number of nitrogens with zero attached hydrogens (tertiary/aromatic N) is 2. The molecule has 2 heterocycles. The molecule has 0 radical (unpaired) electrons. The fourth-order valence-electron chi connectivity index (χ4n) is 3.92. The first-order valence-corrected chi connectivity index (χ1v) is 11.5. The summed E-state index contributed by atoms with van der Waals surface area (Å²) >= 11 is 0. The Morgan fingerprint density at radius 2 is 1.76 bits per heavy atom. The van der Waals surface area contributed by atoms with Crippen molar-refractivity contribution in [2.45, 2.75) is 32.4 Å². The van der Waals surface area contributed by atoms with Gasteiger partial charge in [0.1, 0.15) is 12.4 Å². The zero-order chi connectivity index (χ0) is 23.8. The Morgan fingerprint density at radius 3 is 2.47 bits per heavy atom. The Hall–Kier alpha value is -3.93. The van der Waals surface area contributed by atoms with E-state index in [2.05, 4.69) is 10.3 Å². The monoisotopic (exact) mass is 455 g/mol. The van der Waals surface area contributed by atoms with Crippen molar-refractivity contribution in [1.29, 1.82) is 0 Å². The predicted octanol–water partition coefficient (Wildman–Crippen LogP) is 4.40. The number of likely N-dealkylation sites (tertiary alicyclic amines) is 1. The van der Waals surface area contributed by atoms with Crippen LogP contribution in [0.25, 0.3) is 6.08 Å². The number of aryl methyl sites for hydroxylation is 1. The summed E-state index contributed by atoms with van der Waals surface area (Å²) in [5.74, 6) is 0.693. The van der Waals surface area contributed by atoms with Crippen LogP contribution in [0.4, 0.5) is 0 Å². The molecule has 2 amide bonds. The first kappa shape index (κ1) is 23.2. The second-order valence-corrected chi connectivity index (χ2v) is 8.40. The van der Waals surface area contributed by atoms with Crippen LogP contribution in [-0.2, 0) is 11.4 Å². The molecule has 1 aliphatic heterocycles. The number of ether oxygens (including phenoxy) is 1. The number of hydrogen-bond donors (Lipinski definition) is 1. The molecule has 0 aliphatic carbocycles. The minimum absolute atomic E-state index is 0.0147. The summed E-state index contributed by atoms with van der Waals surface area (Å²) in [4.78, 5) is 31.2. The van der Waals surface area contributed by atoms with E-state index in [0.29, 0.717) is 25.3 Å². The van der Waals surface area contributed by atoms with Gasteiger partial charge in [0.15, 0.2) is 0 Å². The number of pyridine rings is 1. The lowest BCUT2D eigenvalue weighted by Gasteiger charge is -2.31. The zero-order valence-electron chi connectivity index (χ0n) is 19.3. The third-order valence-electron chi connectivity index (χ3n) is 5.94. The Morgan fingerprint density at radius 1 is 1.03 bits per heavy atom. The smallest absolute Gasteiger partial charge is 0.251 e. The van der Waals surface area contributed by atoms with Gasteiger partial charge in [-0.1, -0.05) is 36.4 Å². The minimum atomic E-state index is -0.0461. The van der Waals surface area contributed by atoms with Gasteiger partial charge < -0.3 is 15.0 Å². The molecule has 1 fully saturated rings. The van der Waals surface area contributed by atoms with Crippen LogP contribution in [-0.4, -0.2) is 40.8 Å². The Kier molecular flexibility index (Phi) is 7.71. The fraction of sp³-hybridized carbons (Fsp3) is 0.250. The summed E-state index contributed by atoms with van der Waals surface area (Å²) in [6.07, 6.45) is 6.67. The third-order valence-corrected chi connectivity index (χ3v) is 5.94. The molecule has 174 valence electrons. The van der Waals surface area contributed by atoms with Gasteiger partial charge in [0, 0.05) is 37.0 Å². The predicted molar refractivity (Wildman–Crippen MR) is 132 cm³/mol. The van der Waals surface area contributed by atoms with Crippen molar-refractivity contribution in [2.75, 3.05) is 13.1 Å². The van der Waals surface area contributed by atoms with Gasteiger partial charge in [-0.05, 0) is 67.3 Å². The second kappa shape index (κ2) is 11.3. The molecule has 0 spiro atoms. The average molecular weight is 456 g/mol. The Balaban J connectivity index is 1.22. The molecular weight excluding hydrogens is 426 g/mol. The normalized spacial score (nSPS) is 14.2. The molecule has 0 atom stereocenters. The Bertz CT molecular complexity index is 1140. The lowest BCUT2D eigenvalue weighted by atomic mass is 10.0. The van der Waals surface area contributed by atoms with Gasteiger partial charge in [-0.15, -0.1) is 0 Å². The number of rotatable bonds is 7. The number of benzene rings is 2. The minimum Gasteiger partial charge on any atom is -0.487 e. The maximum atomic E-state index is 12.6. The van der Waals surface area contributed by atoms with Crippen molar-refractivity contribution in [2.24, 2.45) is 0 Å². The molecule has 0 saturated carbocycles. The first-order valence-electron chi connectivity index (χ1n) is 11.5. The molecule has 6 nitrogen and oxygen atoms in total. The van der Waals surface area contributed by atoms with Crippen molar-refractivity contribution in [3.63, 3.8) is 0 Å². The topological polar surface area (TPSA) is 71.5 Å². The van der Waals surface area contributed by atoms with E-state index in [4.69, 9.17) is 4.74 Å². The van der Waals surface area contributed by atoms with Crippen LogP contribution >= 0.6 is 0 Å². The number of aromatic nitrogens is 1. The highest BCUT2D eigenvalue weighted by atomic mass is 16.5. The average Bonchev–Trinajstić information content (AvgIpc) is 2.88. The molecule has 1 aliphatic rings. The highest BCUT2D eigenvalue weighted by Gasteiger charge is 2.23. The molecule has 6 heteroatoms. The van der Waals surface area contributed by atoms with Crippen molar-refractivity contribution in [3.05, 3.63) is 101 Å². The van der Waals surface area contributed by atoms with Crippen LogP contribution < -0.4 is 10.1 Å². The van der Waals surface area contributed by atoms with Crippen LogP contribution in [0.3, 0.4) is 0 Å². The molecule has 34 heavy (non-hydrogen) atoms. The van der Waals surface area contributed by atoms with E-state index in [1.54, 1.807) is 12.3 Å². The van der Waals surface area contributed by atoms with E-state index < -0.39 is 0 Å². The van der Waals surface area contributed by atoms with Crippen molar-refractivity contribution >= 4 is 17.9 Å². The lowest BCUT2D eigenvalue weighted by Crippen LogP contribution is -2.46. The number of carbonyl (C=O) groups is 2. The molecule has 2 aromatic carbocycles. The van der Waals surface area contributed by atoms with Gasteiger partial charge in [0.2, 0.25) is 5.91 Å². The number of piperidine rings is 1. The van der Waals surface area contributed by atoms with Crippen molar-refractivity contribution in [1.82, 2.24) is 15.2 Å². The standard InChI is InChI=1S/C28H29N3O3/c1-21-6-2-3-8-26(21)28(33)30-23-15-18-31(19-16-23)27(32)14-11-22-9-12-25(13-10-22)34-20-24-7-4-5-17-29-24/h2-14,17,23H,15-16,18-20H2,1H3,(H,30,33)/b14-11+. The molecule has 0 unspecified atom stereocenters. The van der Waals surface area contributed by atoms with Crippen LogP contribution in [0.2, 0.25) is 0 Å². The molecule has 0 bridgehead atoms. The summed E-state index contributed by atoms with van der Waals surface area (Å²) in [5, 5.41) is 3.11. The summed E-state index contributed by atoms with van der Waals surface area (Å²) in [7, 11) is 0. The van der Waals surface area contributed by atoms with Gasteiger partial charge in [-0.2, -0.15) is 0 Å². The summed E-state index contributed by atoms with van der Waals surface area (Å²) in [6, 6.07) is 21.0. The SMILES string of the molecule is Cc1ccccc1C(=O)NC1CCN(C(=O)/C=C/c2ccc(OCc3ccccn3)cc2)CC1. The highest BCUT2D eigenvalue weighted by molar-refractivity contribution is 5.96. The van der Waals surface area contributed by atoms with E-state index >= 15 is 0 Å². The van der Waals surface area contributed by atoms with Gasteiger partial charge in [-0.25, -0.2) is 0 Å². The maximum Gasteiger partial charge on any atom is 0.251 e. The first-order chi connectivity index (χ1) is 16.6. The quantitative estimate of drug-likeness (QED) is 0.536. The molecule has 1 aromatic heterocycles. The van der Waals surface area contributed by atoms with Crippen molar-refractivity contribution < 1.29 is 14.3 Å². The van der Waals surface area contributed by atoms with E-state index in [-0.39, 0.29) is 17.9 Å². The van der Waals surface area contributed by atoms with Crippen molar-refractivity contribution in [3.8, 4) is 5.75 Å². The van der Waals surface area contributed by atoms with E-state index in [0.717, 1.165) is 35.4 Å². The summed E-state index contributed by atoms with van der Waals surface area (Å²) < 4.78 is 5.75. The highest BCUT2D eigenvalue weighted by Crippen LogP contribution is 2.16. The number of nitrogens with one attached hydrogen (secondary N) is 1. The molecule has 4 rings (SSSR count). The number of carbonyl (C=O) groups excluding carboxylic acids is 2. The molecular formula is C28H29N3O3. The fourth-order valence-corrected chi connectivity index (χ4v) is 3.92. The van der Waals surface area contributed by atoms with Gasteiger partial charge in [-0.3, -0.25) is 14.6 Å². The van der Waals surface area contributed by atoms with Crippen LogP contribution in [0.5, 0.6) is 5.75 Å². The third kappa shape index (κ3) is 6.32. The van der Waals surface area contributed by atoms with Gasteiger partial charge >= 0.3 is 0 Å². The van der Waals surface area contributed by atoms with Crippen LogP contribution in [0, 0.1) is 6.92 Å². The van der Waals surface area contributed by atoms with Crippen LogP contribution in [0.15, 0.2) is 79.0 Å². The summed E-state index contributed by atoms with van der Waals surface area (Å²) in [6.45, 7) is 3.60. The largest absolute Gasteiger partial charge is 0.487 e. The Labute approximate surface area is 200 Å². The number of amides is 2. The molecule has 1 saturated heterocycles.